The van der Waals surface area contributed by atoms with Crippen LogP contribution in [0.25, 0.3) is 34.2 Å². The summed E-state index contributed by atoms with van der Waals surface area (Å²) in [5, 5.41) is 33.0. The zero-order valence-corrected chi connectivity index (χ0v) is 29.3. The second-order valence-corrected chi connectivity index (χ2v) is 12.1. The molecule has 3 aromatic carbocycles. The number of aromatic hydroxyl groups is 3. The van der Waals surface area contributed by atoms with Gasteiger partial charge in [-0.25, -0.2) is 15.0 Å². The first-order valence-electron chi connectivity index (χ1n) is 17.5. The van der Waals surface area contributed by atoms with Crippen molar-refractivity contribution in [3.05, 3.63) is 54.6 Å². The van der Waals surface area contributed by atoms with Crippen molar-refractivity contribution in [1.82, 2.24) is 15.0 Å². The summed E-state index contributed by atoms with van der Waals surface area (Å²) in [6, 6.07) is 12.8. The predicted molar refractivity (Wildman–Crippen MR) is 190 cm³/mol. The maximum atomic E-state index is 12.3. The predicted octanol–water partition coefficient (Wildman–Crippen LogP) is 8.45. The van der Waals surface area contributed by atoms with Crippen LogP contribution in [0.3, 0.4) is 0 Å². The van der Waals surface area contributed by atoms with E-state index in [1.165, 1.54) is 54.6 Å². The summed E-state index contributed by atoms with van der Waals surface area (Å²) in [5.41, 5.74) is 0.458. The van der Waals surface area contributed by atoms with E-state index in [1.54, 1.807) is 0 Å². The number of hydrogen-bond acceptors (Lipinski definition) is 12. The Balaban J connectivity index is 1.70. The minimum absolute atomic E-state index is 0.0232. The average molecular weight is 700 g/mol. The monoisotopic (exact) mass is 699 g/mol. The smallest absolute Gasteiger partial charge is 0.311 e. The Morgan fingerprint density at radius 1 is 0.471 bits per heavy atom. The maximum Gasteiger partial charge on any atom is 0.311 e. The molecule has 0 fully saturated rings. The van der Waals surface area contributed by atoms with E-state index in [4.69, 9.17) is 14.2 Å². The lowest BCUT2D eigenvalue weighted by Crippen LogP contribution is -2.08. The van der Waals surface area contributed by atoms with E-state index in [2.05, 4.69) is 15.0 Å². The number of ether oxygens (including phenoxy) is 3. The Morgan fingerprint density at radius 2 is 0.745 bits per heavy atom. The zero-order chi connectivity index (χ0) is 36.8. The molecule has 0 saturated heterocycles. The van der Waals surface area contributed by atoms with Crippen LogP contribution in [0.5, 0.6) is 34.5 Å². The van der Waals surface area contributed by atoms with Gasteiger partial charge in [-0.1, -0.05) is 59.3 Å². The van der Waals surface area contributed by atoms with Crippen LogP contribution in [0, 0.1) is 0 Å². The van der Waals surface area contributed by atoms with Crippen LogP contribution in [0.15, 0.2) is 54.6 Å². The van der Waals surface area contributed by atoms with Gasteiger partial charge in [0, 0.05) is 37.5 Å². The number of aromatic nitrogens is 3. The lowest BCUT2D eigenvalue weighted by atomic mass is 10.1. The Bertz CT molecular complexity index is 1610. The van der Waals surface area contributed by atoms with Gasteiger partial charge in [0.1, 0.15) is 34.5 Å². The van der Waals surface area contributed by atoms with Crippen molar-refractivity contribution in [2.24, 2.45) is 0 Å². The fourth-order valence-electron chi connectivity index (χ4n) is 5.13. The largest absolute Gasteiger partial charge is 0.507 e. The molecule has 0 saturated carbocycles. The van der Waals surface area contributed by atoms with E-state index < -0.39 is 17.9 Å². The molecule has 0 radical (unpaired) electrons. The Morgan fingerprint density at radius 3 is 0.980 bits per heavy atom. The molecule has 270 valence electrons. The summed E-state index contributed by atoms with van der Waals surface area (Å²) < 4.78 is 16.2. The molecule has 12 nitrogen and oxygen atoms in total. The summed E-state index contributed by atoms with van der Waals surface area (Å²) in [6.45, 7) is 6.10. The minimum Gasteiger partial charge on any atom is -0.507 e. The summed E-state index contributed by atoms with van der Waals surface area (Å²) >= 11 is 0. The third kappa shape index (κ3) is 11.2. The minimum atomic E-state index is -0.420. The van der Waals surface area contributed by atoms with E-state index >= 15 is 0 Å². The molecule has 0 aliphatic carbocycles. The van der Waals surface area contributed by atoms with Gasteiger partial charge >= 0.3 is 17.9 Å². The quantitative estimate of drug-likeness (QED) is 0.0513. The fraction of sp³-hybridized carbons (Fsp3) is 0.385. The molecule has 0 spiro atoms. The number of carbonyl (C=O) groups is 3. The van der Waals surface area contributed by atoms with Crippen LogP contribution in [0.2, 0.25) is 0 Å². The number of nitrogens with zero attached hydrogens (tertiary/aromatic N) is 3. The molecule has 51 heavy (non-hydrogen) atoms. The van der Waals surface area contributed by atoms with Crippen molar-refractivity contribution in [3.8, 4) is 68.7 Å². The normalized spacial score (nSPS) is 10.9. The third-order valence-corrected chi connectivity index (χ3v) is 7.91. The number of rotatable bonds is 18. The molecule has 4 rings (SSSR count). The van der Waals surface area contributed by atoms with Crippen LogP contribution in [-0.2, 0) is 14.4 Å². The molecule has 0 aliphatic rings. The summed E-state index contributed by atoms with van der Waals surface area (Å²) in [5.74, 6) is -1.78. The van der Waals surface area contributed by atoms with Crippen molar-refractivity contribution < 1.29 is 43.9 Å². The number of phenolic OH excluding ortho intramolecular Hbond substituents is 3. The van der Waals surface area contributed by atoms with Crippen LogP contribution in [-0.4, -0.2) is 48.2 Å². The van der Waals surface area contributed by atoms with E-state index in [-0.39, 0.29) is 87.9 Å². The molecule has 3 N–H and O–H groups in total. The third-order valence-electron chi connectivity index (χ3n) is 7.91. The van der Waals surface area contributed by atoms with Gasteiger partial charge in [-0.3, -0.25) is 14.4 Å². The SMILES string of the molecule is CCCCCC(=O)Oc1ccc(-c2nc(-c3ccc(OC(=O)CCCCC)cc3O)nc(-c3ccc(OC(=O)CCCCC)cc3O)n2)c(O)c1. The first kappa shape index (κ1) is 38.3. The van der Waals surface area contributed by atoms with Crippen molar-refractivity contribution >= 4 is 17.9 Å². The first-order chi connectivity index (χ1) is 24.6. The van der Waals surface area contributed by atoms with Gasteiger partial charge < -0.3 is 29.5 Å². The molecule has 0 unspecified atom stereocenters. The molecule has 1 aromatic heterocycles. The highest BCUT2D eigenvalue weighted by Gasteiger charge is 2.20. The van der Waals surface area contributed by atoms with Gasteiger partial charge in [0.05, 0.1) is 16.7 Å². The zero-order valence-electron chi connectivity index (χ0n) is 29.3. The van der Waals surface area contributed by atoms with Crippen molar-refractivity contribution in [1.29, 1.82) is 0 Å². The second-order valence-electron chi connectivity index (χ2n) is 12.1. The van der Waals surface area contributed by atoms with Gasteiger partial charge in [0.2, 0.25) is 0 Å². The average Bonchev–Trinajstić information content (AvgIpc) is 3.08. The van der Waals surface area contributed by atoms with Gasteiger partial charge in [0.25, 0.3) is 0 Å². The van der Waals surface area contributed by atoms with Crippen LogP contribution in [0.1, 0.15) is 97.8 Å². The molecule has 1 heterocycles. The van der Waals surface area contributed by atoms with Crippen LogP contribution < -0.4 is 14.2 Å². The highest BCUT2D eigenvalue weighted by atomic mass is 16.5. The number of hydrogen-bond donors (Lipinski definition) is 3. The van der Waals surface area contributed by atoms with Gasteiger partial charge in [-0.05, 0) is 55.7 Å². The Kier molecular flexibility index (Phi) is 14.3. The standard InChI is InChI=1S/C39H45N3O9/c1-4-7-10-13-34(46)49-25-16-19-28(31(43)22-25)37-40-38(29-20-17-26(23-32(29)44)50-35(47)14-11-8-5-2)42-39(41-37)30-21-18-27(24-33(30)45)51-36(48)15-12-9-6-3/h16-24,43-45H,4-15H2,1-3H3. The summed E-state index contributed by atoms with van der Waals surface area (Å²) in [6.07, 6.45) is 8.40. The maximum absolute atomic E-state index is 12.3. The molecular weight excluding hydrogens is 654 g/mol. The van der Waals surface area contributed by atoms with Crippen LogP contribution >= 0.6 is 0 Å². The summed E-state index contributed by atoms with van der Waals surface area (Å²) in [4.78, 5) is 50.3. The van der Waals surface area contributed by atoms with E-state index in [1.807, 2.05) is 20.8 Å². The van der Waals surface area contributed by atoms with Crippen LogP contribution in [0.4, 0.5) is 0 Å². The van der Waals surface area contributed by atoms with Crippen molar-refractivity contribution in [2.45, 2.75) is 97.8 Å². The van der Waals surface area contributed by atoms with Gasteiger partial charge in [0.15, 0.2) is 17.5 Å². The van der Waals surface area contributed by atoms with E-state index in [0.717, 1.165) is 38.5 Å². The molecule has 0 amide bonds. The molecule has 0 aliphatic heterocycles. The Hall–Kier alpha value is -5.52. The second kappa shape index (κ2) is 19.0. The van der Waals surface area contributed by atoms with E-state index in [0.29, 0.717) is 19.3 Å². The topological polar surface area (TPSA) is 178 Å². The first-order valence-corrected chi connectivity index (χ1v) is 17.5. The number of esters is 3. The Labute approximate surface area is 297 Å². The molecule has 0 atom stereocenters. The number of carbonyl (C=O) groups excluding carboxylic acids is 3. The van der Waals surface area contributed by atoms with E-state index in [9.17, 15) is 29.7 Å². The highest BCUT2D eigenvalue weighted by molar-refractivity contribution is 5.78. The van der Waals surface area contributed by atoms with Crippen molar-refractivity contribution in [3.63, 3.8) is 0 Å². The molecule has 4 aromatic rings. The molecule has 12 heteroatoms. The number of unbranched alkanes of at least 4 members (excludes halogenated alkanes) is 6. The molecular formula is C39H45N3O9. The summed E-state index contributed by atoms with van der Waals surface area (Å²) in [7, 11) is 0. The fourth-order valence-corrected chi connectivity index (χ4v) is 5.13. The van der Waals surface area contributed by atoms with Gasteiger partial charge in [-0.2, -0.15) is 0 Å². The number of benzene rings is 3. The van der Waals surface area contributed by atoms with Gasteiger partial charge in [-0.15, -0.1) is 0 Å². The van der Waals surface area contributed by atoms with Crippen molar-refractivity contribution in [2.75, 3.05) is 0 Å². The highest BCUT2D eigenvalue weighted by Crippen LogP contribution is 2.38. The number of phenols is 3. The lowest BCUT2D eigenvalue weighted by Gasteiger charge is -2.13. The molecule has 0 bridgehead atoms. The lowest BCUT2D eigenvalue weighted by molar-refractivity contribution is -0.135.